The van der Waals surface area contributed by atoms with Crippen LogP contribution in [0.1, 0.15) is 26.2 Å². The van der Waals surface area contributed by atoms with Crippen LogP contribution in [0.5, 0.6) is 0 Å². The van der Waals surface area contributed by atoms with Gasteiger partial charge in [0.15, 0.2) is 0 Å². The monoisotopic (exact) mass is 329 g/mol. The minimum atomic E-state index is -0.249. The molecule has 2 heterocycles. The van der Waals surface area contributed by atoms with Crippen molar-refractivity contribution >= 4 is 5.95 Å². The van der Waals surface area contributed by atoms with Gasteiger partial charge in [0.1, 0.15) is 0 Å². The van der Waals surface area contributed by atoms with E-state index in [4.69, 9.17) is 4.74 Å². The zero-order chi connectivity index (χ0) is 16.6. The standard InChI is InChI=1S/C17H23N5O2/c1-2-24-15-12-14(23)17(15)8-10-21(11-9-17)16-18-19-20-22(16)13-6-4-3-5-7-13/h3-7,14-15,23H,2,8-12H2,1H3/t14-,15-/m1/s1. The number of aromatic nitrogens is 4. The molecule has 1 saturated heterocycles. The van der Waals surface area contributed by atoms with Crippen molar-refractivity contribution in [1.82, 2.24) is 20.2 Å². The molecule has 0 bridgehead atoms. The smallest absolute Gasteiger partial charge is 0.250 e. The number of hydrogen-bond donors (Lipinski definition) is 1. The van der Waals surface area contributed by atoms with E-state index in [1.165, 1.54) is 0 Å². The Bertz CT molecular complexity index is 679. The molecule has 0 unspecified atom stereocenters. The van der Waals surface area contributed by atoms with Crippen molar-refractivity contribution in [3.63, 3.8) is 0 Å². The van der Waals surface area contributed by atoms with E-state index in [0.29, 0.717) is 6.61 Å². The predicted octanol–water partition coefficient (Wildman–Crippen LogP) is 1.42. The summed E-state index contributed by atoms with van der Waals surface area (Å²) in [5, 5.41) is 22.5. The normalized spacial score (nSPS) is 25.7. The number of benzene rings is 1. The van der Waals surface area contributed by atoms with Crippen LogP contribution in [0.4, 0.5) is 5.95 Å². The van der Waals surface area contributed by atoms with Crippen LogP contribution in [0.25, 0.3) is 5.69 Å². The van der Waals surface area contributed by atoms with E-state index in [1.807, 2.05) is 37.3 Å². The van der Waals surface area contributed by atoms with Crippen molar-refractivity contribution in [2.75, 3.05) is 24.6 Å². The summed E-state index contributed by atoms with van der Waals surface area (Å²) in [4.78, 5) is 2.20. The lowest BCUT2D eigenvalue weighted by molar-refractivity contribution is -0.199. The van der Waals surface area contributed by atoms with Crippen molar-refractivity contribution < 1.29 is 9.84 Å². The van der Waals surface area contributed by atoms with Gasteiger partial charge in [0.2, 0.25) is 5.95 Å². The summed E-state index contributed by atoms with van der Waals surface area (Å²) in [5.74, 6) is 0.762. The molecular weight excluding hydrogens is 306 g/mol. The number of nitrogens with zero attached hydrogens (tertiary/aromatic N) is 5. The largest absolute Gasteiger partial charge is 0.392 e. The molecule has 1 N–H and O–H groups in total. The first kappa shape index (κ1) is 15.5. The second-order valence-electron chi connectivity index (χ2n) is 6.64. The van der Waals surface area contributed by atoms with Gasteiger partial charge in [-0.2, -0.15) is 4.68 Å². The summed E-state index contributed by atoms with van der Waals surface area (Å²) in [6.45, 7) is 4.37. The Kier molecular flexibility index (Phi) is 3.97. The molecule has 2 aliphatic rings. The fourth-order valence-corrected chi connectivity index (χ4v) is 4.06. The number of piperidine rings is 1. The number of para-hydroxylation sites is 1. The minimum absolute atomic E-state index is 0.0858. The molecule has 0 amide bonds. The molecular formula is C17H23N5O2. The maximum Gasteiger partial charge on any atom is 0.250 e. The molecule has 7 nitrogen and oxygen atoms in total. The maximum absolute atomic E-state index is 10.3. The second kappa shape index (κ2) is 6.14. The molecule has 128 valence electrons. The van der Waals surface area contributed by atoms with E-state index in [1.54, 1.807) is 4.68 Å². The summed E-state index contributed by atoms with van der Waals surface area (Å²) in [6.07, 6.45) is 2.50. The lowest BCUT2D eigenvalue weighted by atomic mass is 9.58. The Morgan fingerprint density at radius 3 is 2.67 bits per heavy atom. The molecule has 4 rings (SSSR count). The Morgan fingerprint density at radius 1 is 1.25 bits per heavy atom. The van der Waals surface area contributed by atoms with E-state index in [0.717, 1.165) is 44.0 Å². The van der Waals surface area contributed by atoms with Crippen LogP contribution in [-0.4, -0.2) is 57.2 Å². The molecule has 1 aliphatic carbocycles. The summed E-state index contributed by atoms with van der Waals surface area (Å²) in [6, 6.07) is 9.91. The lowest BCUT2D eigenvalue weighted by Crippen LogP contribution is -2.62. The Morgan fingerprint density at radius 2 is 2.00 bits per heavy atom. The fourth-order valence-electron chi connectivity index (χ4n) is 4.06. The van der Waals surface area contributed by atoms with Gasteiger partial charge >= 0.3 is 0 Å². The lowest BCUT2D eigenvalue weighted by Gasteiger charge is -2.56. The molecule has 1 aromatic heterocycles. The summed E-state index contributed by atoms with van der Waals surface area (Å²) in [5.41, 5.74) is 0.867. The van der Waals surface area contributed by atoms with E-state index in [9.17, 15) is 5.11 Å². The third-order valence-corrected chi connectivity index (χ3v) is 5.54. The Hall–Kier alpha value is -1.99. The molecule has 2 fully saturated rings. The number of aliphatic hydroxyl groups excluding tert-OH is 1. The van der Waals surface area contributed by atoms with Crippen LogP contribution in [0, 0.1) is 5.41 Å². The van der Waals surface area contributed by atoms with Crippen molar-refractivity contribution in [2.24, 2.45) is 5.41 Å². The van der Waals surface area contributed by atoms with E-state index >= 15 is 0 Å². The van der Waals surface area contributed by atoms with Crippen molar-refractivity contribution in [3.05, 3.63) is 30.3 Å². The second-order valence-corrected chi connectivity index (χ2v) is 6.64. The molecule has 24 heavy (non-hydrogen) atoms. The van der Waals surface area contributed by atoms with Gasteiger partial charge in [-0.1, -0.05) is 23.3 Å². The molecule has 1 aliphatic heterocycles. The summed E-state index contributed by atoms with van der Waals surface area (Å²) >= 11 is 0. The molecule has 2 atom stereocenters. The number of rotatable bonds is 4. The topological polar surface area (TPSA) is 76.3 Å². The van der Waals surface area contributed by atoms with E-state index in [-0.39, 0.29) is 17.6 Å². The van der Waals surface area contributed by atoms with Crippen LogP contribution in [0.15, 0.2) is 30.3 Å². The quantitative estimate of drug-likeness (QED) is 0.914. The van der Waals surface area contributed by atoms with Crippen molar-refractivity contribution in [3.8, 4) is 5.69 Å². The minimum Gasteiger partial charge on any atom is -0.392 e. The molecule has 1 aromatic carbocycles. The van der Waals surface area contributed by atoms with E-state index < -0.39 is 0 Å². The highest BCUT2D eigenvalue weighted by Crippen LogP contribution is 2.51. The number of hydrogen-bond acceptors (Lipinski definition) is 6. The average Bonchev–Trinajstić information content (AvgIpc) is 3.12. The first-order chi connectivity index (χ1) is 11.7. The van der Waals surface area contributed by atoms with Crippen LogP contribution >= 0.6 is 0 Å². The van der Waals surface area contributed by atoms with Crippen molar-refractivity contribution in [1.29, 1.82) is 0 Å². The van der Waals surface area contributed by atoms with Crippen molar-refractivity contribution in [2.45, 2.75) is 38.4 Å². The number of aliphatic hydroxyl groups is 1. The summed E-state index contributed by atoms with van der Waals surface area (Å²) < 4.78 is 7.61. The van der Waals surface area contributed by atoms with Crippen LogP contribution in [-0.2, 0) is 4.74 Å². The zero-order valence-corrected chi connectivity index (χ0v) is 13.9. The first-order valence-corrected chi connectivity index (χ1v) is 8.63. The van der Waals surface area contributed by atoms with Gasteiger partial charge in [-0.05, 0) is 42.3 Å². The van der Waals surface area contributed by atoms with Gasteiger partial charge in [-0.25, -0.2) is 0 Å². The maximum atomic E-state index is 10.3. The highest BCUT2D eigenvalue weighted by atomic mass is 16.5. The number of ether oxygens (including phenoxy) is 1. The van der Waals surface area contributed by atoms with Gasteiger partial charge in [-0.15, -0.1) is 0 Å². The van der Waals surface area contributed by atoms with Crippen LogP contribution < -0.4 is 4.90 Å². The van der Waals surface area contributed by atoms with Gasteiger partial charge in [0.05, 0.1) is 17.9 Å². The van der Waals surface area contributed by atoms with Gasteiger partial charge in [-0.3, -0.25) is 0 Å². The molecule has 7 heteroatoms. The zero-order valence-electron chi connectivity index (χ0n) is 13.9. The Balaban J connectivity index is 1.50. The first-order valence-electron chi connectivity index (χ1n) is 8.63. The predicted molar refractivity (Wildman–Crippen MR) is 89.1 cm³/mol. The number of anilines is 1. The highest BCUT2D eigenvalue weighted by molar-refractivity contribution is 5.41. The van der Waals surface area contributed by atoms with Gasteiger partial charge < -0.3 is 14.7 Å². The summed E-state index contributed by atoms with van der Waals surface area (Å²) in [7, 11) is 0. The highest BCUT2D eigenvalue weighted by Gasteiger charge is 2.56. The van der Waals surface area contributed by atoms with E-state index in [2.05, 4.69) is 20.4 Å². The van der Waals surface area contributed by atoms with Crippen LogP contribution in [0.3, 0.4) is 0 Å². The fraction of sp³-hybridized carbons (Fsp3) is 0.588. The third-order valence-electron chi connectivity index (χ3n) is 5.54. The molecule has 0 radical (unpaired) electrons. The van der Waals surface area contributed by atoms with Gasteiger partial charge in [0, 0.05) is 31.5 Å². The van der Waals surface area contributed by atoms with Gasteiger partial charge in [0.25, 0.3) is 0 Å². The van der Waals surface area contributed by atoms with Crippen LogP contribution in [0.2, 0.25) is 0 Å². The third kappa shape index (κ3) is 2.39. The molecule has 2 aromatic rings. The SMILES string of the molecule is CCO[C@@H]1C[C@@H](O)C12CCN(c1nnnn1-c1ccccc1)CC2. The average molecular weight is 329 g/mol. The molecule has 1 spiro atoms. The molecule has 1 saturated carbocycles. The number of tetrazole rings is 1. The Labute approximate surface area is 141 Å².